The van der Waals surface area contributed by atoms with Gasteiger partial charge in [-0.2, -0.15) is 0 Å². The summed E-state index contributed by atoms with van der Waals surface area (Å²) < 4.78 is 0. The Bertz CT molecular complexity index is 1090. The molecule has 2 fully saturated rings. The molecule has 1 aromatic carbocycles. The van der Waals surface area contributed by atoms with Crippen molar-refractivity contribution < 1.29 is 4.79 Å². The second kappa shape index (κ2) is 8.55. The van der Waals surface area contributed by atoms with Gasteiger partial charge in [0, 0.05) is 22.9 Å². The Morgan fingerprint density at radius 3 is 2.65 bits per heavy atom. The first-order valence-corrected chi connectivity index (χ1v) is 11.0. The van der Waals surface area contributed by atoms with E-state index in [2.05, 4.69) is 37.8 Å². The van der Waals surface area contributed by atoms with Gasteiger partial charge < -0.3 is 15.5 Å². The summed E-state index contributed by atoms with van der Waals surface area (Å²) in [7, 11) is 2.16. The van der Waals surface area contributed by atoms with Crippen LogP contribution in [0.15, 0.2) is 36.7 Å². The summed E-state index contributed by atoms with van der Waals surface area (Å²) in [5.41, 5.74) is 2.53. The second-order valence-electron chi connectivity index (χ2n) is 8.63. The Hall–Kier alpha value is -3.13. The molecule has 0 unspecified atom stereocenters. The number of nitrogens with zero attached hydrogens (tertiary/aromatic N) is 5. The lowest BCUT2D eigenvalue weighted by Crippen LogP contribution is -2.36. The number of likely N-dealkylation sites (tertiary alicyclic amines) is 1. The van der Waals surface area contributed by atoms with Gasteiger partial charge in [0.05, 0.1) is 23.6 Å². The van der Waals surface area contributed by atoms with Gasteiger partial charge in [-0.15, -0.1) is 10.2 Å². The first-order chi connectivity index (χ1) is 15.1. The summed E-state index contributed by atoms with van der Waals surface area (Å²) in [5, 5.41) is 15.7. The number of fused-ring (bicyclic) bond motifs is 1. The number of hydrogen-bond donors (Lipinski definition) is 2. The highest BCUT2D eigenvalue weighted by Gasteiger charge is 2.25. The molecule has 5 rings (SSSR count). The number of rotatable bonds is 5. The van der Waals surface area contributed by atoms with E-state index in [0.29, 0.717) is 11.9 Å². The minimum absolute atomic E-state index is 0.0367. The number of nitrogens with one attached hydrogen (secondary N) is 2. The summed E-state index contributed by atoms with van der Waals surface area (Å²) >= 11 is 0. The van der Waals surface area contributed by atoms with Gasteiger partial charge in [0.1, 0.15) is 5.82 Å². The maximum atomic E-state index is 12.2. The van der Waals surface area contributed by atoms with Crippen LogP contribution in [-0.4, -0.2) is 57.2 Å². The third-order valence-corrected chi connectivity index (χ3v) is 6.31. The number of anilines is 2. The van der Waals surface area contributed by atoms with Crippen molar-refractivity contribution in [2.75, 3.05) is 30.8 Å². The second-order valence-corrected chi connectivity index (χ2v) is 8.63. The number of aromatic nitrogens is 4. The van der Waals surface area contributed by atoms with Crippen LogP contribution in [0.1, 0.15) is 32.1 Å². The van der Waals surface area contributed by atoms with Crippen molar-refractivity contribution in [3.8, 4) is 11.3 Å². The molecule has 31 heavy (non-hydrogen) atoms. The van der Waals surface area contributed by atoms with Gasteiger partial charge in [0.15, 0.2) is 5.82 Å². The molecule has 3 heterocycles. The lowest BCUT2D eigenvalue weighted by atomic mass is 9.85. The summed E-state index contributed by atoms with van der Waals surface area (Å²) in [6.45, 7) is 2.19. The molecular formula is C23H27N7O. The largest absolute Gasteiger partial charge is 0.366 e. The molecule has 0 radical (unpaired) electrons. The lowest BCUT2D eigenvalue weighted by Gasteiger charge is -2.29. The predicted octanol–water partition coefficient (Wildman–Crippen LogP) is 3.33. The zero-order valence-corrected chi connectivity index (χ0v) is 17.7. The monoisotopic (exact) mass is 417 g/mol. The van der Waals surface area contributed by atoms with E-state index in [0.717, 1.165) is 73.2 Å². The molecule has 1 aliphatic heterocycles. The number of amides is 1. The van der Waals surface area contributed by atoms with Gasteiger partial charge in [-0.05, 0) is 64.0 Å². The maximum Gasteiger partial charge on any atom is 0.228 e. The molecule has 160 valence electrons. The standard InChI is InChI=1S/C23H27N7O/c1-30-9-7-18(8-10-30)25-22-14-24-13-20(26-22)16-5-6-19-17(11-16)12-21(29-28-19)27-23(31)15-3-2-4-15/h5-6,11-15,18H,2-4,7-10H2,1H3,(H,25,26)(H,27,29,31). The van der Waals surface area contributed by atoms with Gasteiger partial charge in [0.25, 0.3) is 0 Å². The van der Waals surface area contributed by atoms with Gasteiger partial charge in [-0.1, -0.05) is 12.5 Å². The predicted molar refractivity (Wildman–Crippen MR) is 121 cm³/mol. The summed E-state index contributed by atoms with van der Waals surface area (Å²) in [5.74, 6) is 1.44. The van der Waals surface area contributed by atoms with Gasteiger partial charge in [-0.25, -0.2) is 4.98 Å². The highest BCUT2D eigenvalue weighted by atomic mass is 16.2. The van der Waals surface area contributed by atoms with Crippen LogP contribution in [0.3, 0.4) is 0 Å². The van der Waals surface area contributed by atoms with Crippen molar-refractivity contribution in [3.63, 3.8) is 0 Å². The fraction of sp³-hybridized carbons (Fsp3) is 0.435. The number of carbonyl (C=O) groups excluding carboxylic acids is 1. The summed E-state index contributed by atoms with van der Waals surface area (Å²) in [4.78, 5) is 23.8. The molecule has 2 aromatic heterocycles. The molecule has 1 saturated carbocycles. The number of carbonyl (C=O) groups is 1. The zero-order chi connectivity index (χ0) is 21.2. The molecule has 8 heteroatoms. The molecule has 1 amide bonds. The van der Waals surface area contributed by atoms with Crippen molar-refractivity contribution in [2.24, 2.45) is 5.92 Å². The van der Waals surface area contributed by atoms with Crippen molar-refractivity contribution in [3.05, 3.63) is 36.7 Å². The molecular weight excluding hydrogens is 390 g/mol. The summed E-state index contributed by atoms with van der Waals surface area (Å²) in [6, 6.07) is 8.22. The molecule has 0 spiro atoms. The first kappa shape index (κ1) is 19.8. The van der Waals surface area contributed by atoms with Crippen LogP contribution < -0.4 is 10.6 Å². The summed E-state index contributed by atoms with van der Waals surface area (Å²) in [6.07, 6.45) is 8.79. The van der Waals surface area contributed by atoms with Gasteiger partial charge >= 0.3 is 0 Å². The Morgan fingerprint density at radius 1 is 1.03 bits per heavy atom. The highest BCUT2D eigenvalue weighted by molar-refractivity contribution is 5.94. The number of piperidine rings is 1. The highest BCUT2D eigenvalue weighted by Crippen LogP contribution is 2.28. The quantitative estimate of drug-likeness (QED) is 0.657. The normalized spacial score (nSPS) is 18.0. The molecule has 2 N–H and O–H groups in total. The molecule has 8 nitrogen and oxygen atoms in total. The van der Waals surface area contributed by atoms with E-state index in [4.69, 9.17) is 4.98 Å². The molecule has 1 saturated heterocycles. The van der Waals surface area contributed by atoms with E-state index in [1.165, 1.54) is 0 Å². The molecule has 3 aromatic rings. The Balaban J connectivity index is 1.35. The Morgan fingerprint density at radius 2 is 1.87 bits per heavy atom. The van der Waals surface area contributed by atoms with Crippen LogP contribution in [-0.2, 0) is 4.79 Å². The minimum Gasteiger partial charge on any atom is -0.366 e. The Kier molecular flexibility index (Phi) is 5.46. The van der Waals surface area contributed by atoms with E-state index in [-0.39, 0.29) is 11.8 Å². The van der Waals surface area contributed by atoms with Crippen molar-refractivity contribution >= 4 is 28.4 Å². The molecule has 0 atom stereocenters. The van der Waals surface area contributed by atoms with Crippen LogP contribution in [0, 0.1) is 5.92 Å². The lowest BCUT2D eigenvalue weighted by molar-refractivity contribution is -0.122. The van der Waals surface area contributed by atoms with E-state index >= 15 is 0 Å². The third-order valence-electron chi connectivity index (χ3n) is 6.31. The minimum atomic E-state index is 0.0367. The van der Waals surface area contributed by atoms with Crippen LogP contribution in [0.25, 0.3) is 22.2 Å². The molecule has 1 aliphatic carbocycles. The smallest absolute Gasteiger partial charge is 0.228 e. The van der Waals surface area contributed by atoms with E-state index in [9.17, 15) is 4.79 Å². The van der Waals surface area contributed by atoms with Crippen LogP contribution in [0.2, 0.25) is 0 Å². The van der Waals surface area contributed by atoms with Gasteiger partial charge in [0.2, 0.25) is 5.91 Å². The fourth-order valence-electron chi connectivity index (χ4n) is 4.10. The first-order valence-electron chi connectivity index (χ1n) is 11.0. The topological polar surface area (TPSA) is 95.9 Å². The molecule has 2 aliphatic rings. The average molecular weight is 418 g/mol. The SMILES string of the molecule is CN1CCC(Nc2cncc(-c3ccc4nnc(NC(=O)C5CCC5)cc4c3)n2)CC1. The van der Waals surface area contributed by atoms with E-state index < -0.39 is 0 Å². The van der Waals surface area contributed by atoms with E-state index in [1.54, 1.807) is 12.4 Å². The van der Waals surface area contributed by atoms with Crippen LogP contribution in [0.5, 0.6) is 0 Å². The van der Waals surface area contributed by atoms with E-state index in [1.807, 2.05) is 24.3 Å². The number of benzene rings is 1. The van der Waals surface area contributed by atoms with Crippen LogP contribution >= 0.6 is 0 Å². The van der Waals surface area contributed by atoms with Crippen LogP contribution in [0.4, 0.5) is 11.6 Å². The number of hydrogen-bond acceptors (Lipinski definition) is 7. The molecule has 0 bridgehead atoms. The van der Waals surface area contributed by atoms with Crippen molar-refractivity contribution in [1.82, 2.24) is 25.1 Å². The average Bonchev–Trinajstić information content (AvgIpc) is 2.74. The van der Waals surface area contributed by atoms with Crippen molar-refractivity contribution in [2.45, 2.75) is 38.1 Å². The fourth-order valence-corrected chi connectivity index (χ4v) is 4.10. The van der Waals surface area contributed by atoms with Crippen molar-refractivity contribution in [1.29, 1.82) is 0 Å². The Labute approximate surface area is 181 Å². The zero-order valence-electron chi connectivity index (χ0n) is 17.7. The third kappa shape index (κ3) is 4.49. The maximum absolute atomic E-state index is 12.2. The van der Waals surface area contributed by atoms with Gasteiger partial charge in [-0.3, -0.25) is 9.78 Å².